The molecule has 1 aromatic heterocycles. The number of pyridine rings is 1. The van der Waals surface area contributed by atoms with Gasteiger partial charge in [-0.2, -0.15) is 0 Å². The predicted molar refractivity (Wildman–Crippen MR) is 83.0 cm³/mol. The van der Waals surface area contributed by atoms with E-state index in [4.69, 9.17) is 16.3 Å². The highest BCUT2D eigenvalue weighted by Crippen LogP contribution is 2.38. The summed E-state index contributed by atoms with van der Waals surface area (Å²) in [6, 6.07) is 2.57. The van der Waals surface area contributed by atoms with Crippen LogP contribution in [-0.4, -0.2) is 65.6 Å². The van der Waals surface area contributed by atoms with Crippen molar-refractivity contribution in [1.29, 1.82) is 0 Å². The van der Waals surface area contributed by atoms with Gasteiger partial charge >= 0.3 is 0 Å². The number of ether oxygens (including phenoxy) is 1. The van der Waals surface area contributed by atoms with Crippen LogP contribution in [0.25, 0.3) is 0 Å². The second kappa shape index (κ2) is 5.80. The molecule has 22 heavy (non-hydrogen) atoms. The molecular weight excluding hydrogens is 302 g/mol. The van der Waals surface area contributed by atoms with Gasteiger partial charge in [0.25, 0.3) is 5.91 Å². The van der Waals surface area contributed by atoms with Crippen LogP contribution in [0.2, 0.25) is 5.02 Å². The van der Waals surface area contributed by atoms with Gasteiger partial charge in [0.05, 0.1) is 29.8 Å². The summed E-state index contributed by atoms with van der Waals surface area (Å²) >= 11 is 6.10. The van der Waals surface area contributed by atoms with Crippen LogP contribution in [0, 0.1) is 5.92 Å². The third-order valence-electron chi connectivity index (χ3n) is 5.01. The van der Waals surface area contributed by atoms with E-state index in [1.165, 1.54) is 19.0 Å². The predicted octanol–water partition coefficient (Wildman–Crippen LogP) is 1.67. The van der Waals surface area contributed by atoms with Crippen LogP contribution in [-0.2, 0) is 4.74 Å². The van der Waals surface area contributed by atoms with Gasteiger partial charge in [0.15, 0.2) is 0 Å². The summed E-state index contributed by atoms with van der Waals surface area (Å²) < 4.78 is 5.79. The summed E-state index contributed by atoms with van der Waals surface area (Å²) in [7, 11) is 0. The van der Waals surface area contributed by atoms with Crippen molar-refractivity contribution in [2.45, 2.75) is 24.9 Å². The van der Waals surface area contributed by atoms with E-state index in [1.54, 1.807) is 12.3 Å². The highest BCUT2D eigenvalue weighted by Gasteiger charge is 2.43. The first-order valence-electron chi connectivity index (χ1n) is 7.96. The number of fused-ring (bicyclic) bond motifs is 1. The monoisotopic (exact) mass is 321 g/mol. The fraction of sp³-hybridized carbons (Fsp3) is 0.625. The van der Waals surface area contributed by atoms with Crippen molar-refractivity contribution in [1.82, 2.24) is 14.8 Å². The van der Waals surface area contributed by atoms with Crippen LogP contribution < -0.4 is 0 Å². The molecule has 2 saturated heterocycles. The minimum atomic E-state index is 0.000551. The van der Waals surface area contributed by atoms with Gasteiger partial charge in [-0.25, -0.2) is 0 Å². The lowest BCUT2D eigenvalue weighted by Gasteiger charge is -2.48. The lowest BCUT2D eigenvalue weighted by Crippen LogP contribution is -2.63. The molecule has 1 aliphatic carbocycles. The van der Waals surface area contributed by atoms with E-state index in [2.05, 4.69) is 9.88 Å². The van der Waals surface area contributed by atoms with E-state index in [1.807, 2.05) is 4.90 Å². The number of piperazine rings is 1. The van der Waals surface area contributed by atoms with Gasteiger partial charge < -0.3 is 9.64 Å². The second-order valence-corrected chi connectivity index (χ2v) is 6.85. The van der Waals surface area contributed by atoms with Crippen molar-refractivity contribution in [2.75, 3.05) is 32.8 Å². The van der Waals surface area contributed by atoms with Crippen molar-refractivity contribution < 1.29 is 9.53 Å². The van der Waals surface area contributed by atoms with Crippen LogP contribution in [0.4, 0.5) is 0 Å². The summed E-state index contributed by atoms with van der Waals surface area (Å²) in [5.41, 5.74) is 0.542. The van der Waals surface area contributed by atoms with Crippen LogP contribution >= 0.6 is 11.6 Å². The van der Waals surface area contributed by atoms with E-state index in [0.29, 0.717) is 22.7 Å². The molecule has 1 saturated carbocycles. The number of carbonyl (C=O) groups excluding carboxylic acids is 1. The largest absolute Gasteiger partial charge is 0.378 e. The van der Waals surface area contributed by atoms with E-state index < -0.39 is 0 Å². The zero-order chi connectivity index (χ0) is 15.1. The van der Waals surface area contributed by atoms with Crippen LogP contribution in [0.3, 0.4) is 0 Å². The first kappa shape index (κ1) is 14.4. The van der Waals surface area contributed by atoms with Gasteiger partial charge in [0.1, 0.15) is 0 Å². The zero-order valence-electron chi connectivity index (χ0n) is 12.4. The number of hydrogen-bond donors (Lipinski definition) is 0. The molecule has 0 unspecified atom stereocenters. The number of hydrogen-bond acceptors (Lipinski definition) is 4. The Morgan fingerprint density at radius 2 is 2.18 bits per heavy atom. The Kier molecular flexibility index (Phi) is 3.80. The maximum absolute atomic E-state index is 12.7. The van der Waals surface area contributed by atoms with Gasteiger partial charge in [0.2, 0.25) is 0 Å². The SMILES string of the molecule is O=C(c1ccncc1Cl)N1CCN2[C@@H](COC[C@@H]2C2CC2)C1. The molecule has 5 nitrogen and oxygen atoms in total. The summed E-state index contributed by atoms with van der Waals surface area (Å²) in [4.78, 5) is 21.1. The first-order valence-corrected chi connectivity index (χ1v) is 8.34. The van der Waals surface area contributed by atoms with E-state index in [9.17, 15) is 4.79 Å². The molecule has 2 aliphatic heterocycles. The summed E-state index contributed by atoms with van der Waals surface area (Å²) in [6.07, 6.45) is 5.79. The number of aromatic nitrogens is 1. The van der Waals surface area contributed by atoms with Gasteiger partial charge in [-0.15, -0.1) is 0 Å². The highest BCUT2D eigenvalue weighted by molar-refractivity contribution is 6.33. The average molecular weight is 322 g/mol. The second-order valence-electron chi connectivity index (χ2n) is 6.44. The summed E-state index contributed by atoms with van der Waals surface area (Å²) in [5, 5.41) is 0.422. The minimum Gasteiger partial charge on any atom is -0.378 e. The van der Waals surface area contributed by atoms with Crippen molar-refractivity contribution in [2.24, 2.45) is 5.92 Å². The molecule has 0 radical (unpaired) electrons. The Labute approximate surface area is 135 Å². The highest BCUT2D eigenvalue weighted by atomic mass is 35.5. The third kappa shape index (κ3) is 2.62. The van der Waals surface area contributed by atoms with Crippen molar-refractivity contribution in [3.8, 4) is 0 Å². The van der Waals surface area contributed by atoms with Crippen molar-refractivity contribution in [3.05, 3.63) is 29.0 Å². The molecule has 3 heterocycles. The number of amides is 1. The van der Waals surface area contributed by atoms with Crippen molar-refractivity contribution >= 4 is 17.5 Å². The molecule has 1 amide bonds. The fourth-order valence-electron chi connectivity index (χ4n) is 3.67. The molecule has 2 atom stereocenters. The normalized spacial score (nSPS) is 29.2. The number of nitrogens with zero attached hydrogens (tertiary/aromatic N) is 3. The van der Waals surface area contributed by atoms with Gasteiger partial charge in [-0.3, -0.25) is 14.7 Å². The van der Waals surface area contributed by atoms with E-state index in [0.717, 1.165) is 38.8 Å². The van der Waals surface area contributed by atoms with Gasteiger partial charge in [-0.1, -0.05) is 11.6 Å². The molecule has 118 valence electrons. The lowest BCUT2D eigenvalue weighted by atomic mass is 10.0. The van der Waals surface area contributed by atoms with Gasteiger partial charge in [-0.05, 0) is 24.8 Å². The average Bonchev–Trinajstić information content (AvgIpc) is 3.38. The molecule has 0 spiro atoms. The molecule has 0 N–H and O–H groups in total. The van der Waals surface area contributed by atoms with E-state index >= 15 is 0 Å². The molecule has 3 fully saturated rings. The fourth-order valence-corrected chi connectivity index (χ4v) is 3.87. The zero-order valence-corrected chi connectivity index (χ0v) is 13.2. The Morgan fingerprint density at radius 3 is 2.95 bits per heavy atom. The van der Waals surface area contributed by atoms with Crippen LogP contribution in [0.15, 0.2) is 18.5 Å². The molecule has 1 aromatic rings. The molecule has 0 bridgehead atoms. The number of halogens is 1. The molecule has 0 aromatic carbocycles. The van der Waals surface area contributed by atoms with Crippen LogP contribution in [0.5, 0.6) is 0 Å². The minimum absolute atomic E-state index is 0.000551. The summed E-state index contributed by atoms with van der Waals surface area (Å²) in [6.45, 7) is 3.99. The smallest absolute Gasteiger partial charge is 0.255 e. The Balaban J connectivity index is 1.47. The van der Waals surface area contributed by atoms with Crippen molar-refractivity contribution in [3.63, 3.8) is 0 Å². The maximum atomic E-state index is 12.7. The molecule has 4 rings (SSSR count). The first-order chi connectivity index (χ1) is 10.7. The Morgan fingerprint density at radius 1 is 1.32 bits per heavy atom. The van der Waals surface area contributed by atoms with Crippen LogP contribution in [0.1, 0.15) is 23.2 Å². The molecule has 6 heteroatoms. The number of morpholine rings is 1. The lowest BCUT2D eigenvalue weighted by molar-refractivity contribution is -0.0816. The number of rotatable bonds is 2. The number of carbonyl (C=O) groups is 1. The molecular formula is C16H20ClN3O2. The maximum Gasteiger partial charge on any atom is 0.255 e. The summed E-state index contributed by atoms with van der Waals surface area (Å²) in [5.74, 6) is 0.806. The topological polar surface area (TPSA) is 45.7 Å². The van der Waals surface area contributed by atoms with Gasteiger partial charge in [0, 0.05) is 38.1 Å². The Bertz CT molecular complexity index is 578. The molecule has 3 aliphatic rings. The Hall–Kier alpha value is -1.17. The quantitative estimate of drug-likeness (QED) is 0.831. The standard InChI is InChI=1S/C16H20ClN3O2/c17-14-7-18-4-3-13(14)16(21)19-5-6-20-12(8-19)9-22-10-15(20)11-1-2-11/h3-4,7,11-12,15H,1-2,5-6,8-10H2/t12-,15-/m1/s1. The third-order valence-corrected chi connectivity index (χ3v) is 5.31. The van der Waals surface area contributed by atoms with E-state index in [-0.39, 0.29) is 5.91 Å².